The number of piperazine rings is 2. The van der Waals surface area contributed by atoms with Crippen molar-refractivity contribution in [2.45, 2.75) is 45.6 Å². The first kappa shape index (κ1) is 24.3. The number of hydrogen-bond acceptors (Lipinski definition) is 5. The van der Waals surface area contributed by atoms with Gasteiger partial charge in [-0.1, -0.05) is 6.92 Å². The fourth-order valence-corrected chi connectivity index (χ4v) is 5.00. The van der Waals surface area contributed by atoms with E-state index in [2.05, 4.69) is 43.8 Å². The third kappa shape index (κ3) is 7.05. The molecule has 0 spiro atoms. The second-order valence-electron chi connectivity index (χ2n) is 9.19. The van der Waals surface area contributed by atoms with Crippen LogP contribution in [-0.4, -0.2) is 135 Å². The number of carbonyl (C=O) groups is 1. The third-order valence-corrected chi connectivity index (χ3v) is 7.24. The number of rotatable bonds is 8. The smallest absolute Gasteiger partial charge is 0.239 e. The number of hydrogen-bond donors (Lipinski definition) is 1. The molecule has 3 fully saturated rings. The maximum atomic E-state index is 12.7. The highest BCUT2D eigenvalue weighted by Crippen LogP contribution is 2.14. The van der Waals surface area contributed by atoms with Crippen LogP contribution in [0.25, 0.3) is 0 Å². The van der Waals surface area contributed by atoms with Gasteiger partial charge in [0.15, 0.2) is 5.96 Å². The maximum absolute atomic E-state index is 12.7. The van der Waals surface area contributed by atoms with Crippen molar-refractivity contribution in [3.8, 4) is 0 Å². The van der Waals surface area contributed by atoms with Gasteiger partial charge in [0.1, 0.15) is 0 Å². The molecule has 1 N–H and O–H groups in total. The van der Waals surface area contributed by atoms with Crippen molar-refractivity contribution >= 4 is 11.9 Å². The lowest BCUT2D eigenvalue weighted by Crippen LogP contribution is -2.57. The molecule has 8 heteroatoms. The Bertz CT molecular complexity index is 562. The molecular formula is C23H45N7O. The standard InChI is InChI=1S/C23H45N7O/c1-4-26-13-15-27(16-14-26)10-6-5-9-25-23(24-3)30-19-17-28(18-20-30)21(2)22(31)29-11-7-8-12-29/h21H,4-20H2,1-3H3,(H,24,25). The van der Waals surface area contributed by atoms with E-state index in [1.165, 1.54) is 52.1 Å². The summed E-state index contributed by atoms with van der Waals surface area (Å²) in [6.07, 6.45) is 4.72. The van der Waals surface area contributed by atoms with Crippen molar-refractivity contribution in [2.24, 2.45) is 4.99 Å². The number of guanidine groups is 1. The number of nitrogens with one attached hydrogen (secondary N) is 1. The van der Waals surface area contributed by atoms with Crippen molar-refractivity contribution in [1.82, 2.24) is 29.8 Å². The van der Waals surface area contributed by atoms with Gasteiger partial charge in [0.25, 0.3) is 0 Å². The molecule has 0 aromatic heterocycles. The van der Waals surface area contributed by atoms with Crippen LogP contribution in [0.4, 0.5) is 0 Å². The molecule has 1 unspecified atom stereocenters. The lowest BCUT2D eigenvalue weighted by Gasteiger charge is -2.39. The minimum atomic E-state index is -0.00517. The molecule has 3 rings (SSSR count). The van der Waals surface area contributed by atoms with Gasteiger partial charge < -0.3 is 24.9 Å². The highest BCUT2D eigenvalue weighted by atomic mass is 16.2. The largest absolute Gasteiger partial charge is 0.356 e. The molecule has 3 saturated heterocycles. The summed E-state index contributed by atoms with van der Waals surface area (Å²) in [5.74, 6) is 1.32. The zero-order chi connectivity index (χ0) is 22.1. The minimum Gasteiger partial charge on any atom is -0.356 e. The summed E-state index contributed by atoms with van der Waals surface area (Å²) in [5, 5.41) is 3.56. The van der Waals surface area contributed by atoms with Gasteiger partial charge >= 0.3 is 0 Å². The number of aliphatic imine (C=N–C) groups is 1. The number of likely N-dealkylation sites (tertiary alicyclic amines) is 1. The highest BCUT2D eigenvalue weighted by molar-refractivity contribution is 5.82. The van der Waals surface area contributed by atoms with Gasteiger partial charge in [-0.05, 0) is 45.7 Å². The summed E-state index contributed by atoms with van der Waals surface area (Å²) in [6.45, 7) is 18.1. The van der Waals surface area contributed by atoms with Gasteiger partial charge in [-0.25, -0.2) is 0 Å². The van der Waals surface area contributed by atoms with Gasteiger partial charge in [-0.2, -0.15) is 0 Å². The predicted molar refractivity (Wildman–Crippen MR) is 128 cm³/mol. The van der Waals surface area contributed by atoms with Gasteiger partial charge in [0, 0.05) is 79.0 Å². The molecule has 31 heavy (non-hydrogen) atoms. The van der Waals surface area contributed by atoms with Gasteiger partial charge in [0.2, 0.25) is 5.91 Å². The molecule has 3 heterocycles. The van der Waals surface area contributed by atoms with E-state index in [0.717, 1.165) is 64.6 Å². The van der Waals surface area contributed by atoms with E-state index in [9.17, 15) is 4.79 Å². The lowest BCUT2D eigenvalue weighted by molar-refractivity contribution is -0.135. The first-order valence-electron chi connectivity index (χ1n) is 12.6. The van der Waals surface area contributed by atoms with E-state index in [1.54, 1.807) is 0 Å². The van der Waals surface area contributed by atoms with Gasteiger partial charge in [-0.3, -0.25) is 14.7 Å². The Labute approximate surface area is 189 Å². The molecule has 8 nitrogen and oxygen atoms in total. The summed E-state index contributed by atoms with van der Waals surface area (Å²) >= 11 is 0. The fraction of sp³-hybridized carbons (Fsp3) is 0.913. The Morgan fingerprint density at radius 1 is 0.871 bits per heavy atom. The molecule has 3 aliphatic rings. The van der Waals surface area contributed by atoms with Crippen LogP contribution in [0.15, 0.2) is 4.99 Å². The van der Waals surface area contributed by atoms with Gasteiger partial charge in [0.05, 0.1) is 6.04 Å². The molecule has 0 aromatic rings. The number of unbranched alkanes of at least 4 members (excludes halogenated alkanes) is 1. The maximum Gasteiger partial charge on any atom is 0.239 e. The monoisotopic (exact) mass is 435 g/mol. The number of amides is 1. The molecule has 0 radical (unpaired) electrons. The average Bonchev–Trinajstić information content (AvgIpc) is 3.36. The van der Waals surface area contributed by atoms with Crippen molar-refractivity contribution in [3.63, 3.8) is 0 Å². The van der Waals surface area contributed by atoms with E-state index in [1.807, 2.05) is 11.9 Å². The third-order valence-electron chi connectivity index (χ3n) is 7.24. The van der Waals surface area contributed by atoms with E-state index >= 15 is 0 Å². The Morgan fingerprint density at radius 3 is 2.13 bits per heavy atom. The number of likely N-dealkylation sites (N-methyl/N-ethyl adjacent to an activating group) is 1. The average molecular weight is 436 g/mol. The molecule has 0 saturated carbocycles. The van der Waals surface area contributed by atoms with Crippen molar-refractivity contribution in [1.29, 1.82) is 0 Å². The molecule has 178 valence electrons. The minimum absolute atomic E-state index is 0.00517. The molecular weight excluding hydrogens is 390 g/mol. The van der Waals surface area contributed by atoms with Gasteiger partial charge in [-0.15, -0.1) is 0 Å². The SMILES string of the molecule is CCN1CCN(CCCCNC(=NC)N2CCN(C(C)C(=O)N3CCCC3)CC2)CC1. The van der Waals surface area contributed by atoms with Crippen LogP contribution in [0.3, 0.4) is 0 Å². The molecule has 1 amide bonds. The lowest BCUT2D eigenvalue weighted by atomic mass is 10.2. The van der Waals surface area contributed by atoms with Crippen molar-refractivity contribution in [2.75, 3.05) is 92.1 Å². The quantitative estimate of drug-likeness (QED) is 0.343. The Kier molecular flexibility index (Phi) is 9.87. The summed E-state index contributed by atoms with van der Waals surface area (Å²) in [6, 6.07) is -0.00517. The first-order valence-corrected chi connectivity index (χ1v) is 12.6. The van der Waals surface area contributed by atoms with E-state index in [0.29, 0.717) is 5.91 Å². The predicted octanol–water partition coefficient (Wildman–Crippen LogP) is 0.608. The second-order valence-corrected chi connectivity index (χ2v) is 9.19. The second kappa shape index (κ2) is 12.6. The van der Waals surface area contributed by atoms with Crippen LogP contribution in [0.1, 0.15) is 39.5 Å². The van der Waals surface area contributed by atoms with Crippen molar-refractivity contribution < 1.29 is 4.79 Å². The van der Waals surface area contributed by atoms with E-state index in [-0.39, 0.29) is 6.04 Å². The Hall–Kier alpha value is -1.38. The number of nitrogens with zero attached hydrogens (tertiary/aromatic N) is 6. The Morgan fingerprint density at radius 2 is 1.52 bits per heavy atom. The first-order chi connectivity index (χ1) is 15.1. The fourth-order valence-electron chi connectivity index (χ4n) is 5.00. The topological polar surface area (TPSA) is 57.7 Å². The summed E-state index contributed by atoms with van der Waals surface area (Å²) in [4.78, 5) is 29.1. The van der Waals surface area contributed by atoms with E-state index in [4.69, 9.17) is 0 Å². The van der Waals surface area contributed by atoms with Crippen molar-refractivity contribution in [3.05, 3.63) is 0 Å². The van der Waals surface area contributed by atoms with Crippen LogP contribution < -0.4 is 5.32 Å². The highest BCUT2D eigenvalue weighted by Gasteiger charge is 2.30. The summed E-state index contributed by atoms with van der Waals surface area (Å²) in [7, 11) is 1.88. The zero-order valence-electron chi connectivity index (χ0n) is 20.2. The molecule has 3 aliphatic heterocycles. The van der Waals surface area contributed by atoms with Crippen LogP contribution >= 0.6 is 0 Å². The van der Waals surface area contributed by atoms with Crippen LogP contribution in [-0.2, 0) is 4.79 Å². The van der Waals surface area contributed by atoms with Crippen LogP contribution in [0.5, 0.6) is 0 Å². The molecule has 0 aliphatic carbocycles. The normalized spacial score (nSPS) is 23.4. The summed E-state index contributed by atoms with van der Waals surface area (Å²) < 4.78 is 0. The molecule has 0 aromatic carbocycles. The van der Waals surface area contributed by atoms with E-state index < -0.39 is 0 Å². The Balaban J connectivity index is 1.30. The zero-order valence-corrected chi connectivity index (χ0v) is 20.2. The molecule has 1 atom stereocenters. The molecule has 0 bridgehead atoms. The number of carbonyl (C=O) groups excluding carboxylic acids is 1. The van der Waals surface area contributed by atoms with Crippen LogP contribution in [0.2, 0.25) is 0 Å². The summed E-state index contributed by atoms with van der Waals surface area (Å²) in [5.41, 5.74) is 0. The van der Waals surface area contributed by atoms with Crippen LogP contribution in [0, 0.1) is 0 Å².